The van der Waals surface area contributed by atoms with E-state index in [1.165, 1.54) is 30.6 Å². The molecule has 0 radical (unpaired) electrons. The monoisotopic (exact) mass is 253 g/mol. The van der Waals surface area contributed by atoms with Crippen LogP contribution in [0.15, 0.2) is 17.5 Å². The Hall–Kier alpha value is -0.380. The van der Waals surface area contributed by atoms with Crippen molar-refractivity contribution in [1.82, 2.24) is 4.90 Å². The Morgan fingerprint density at radius 1 is 1.35 bits per heavy atom. The molecule has 1 N–H and O–H groups in total. The molecule has 2 nitrogen and oxygen atoms in total. The molecular formula is C14H23NOS. The topological polar surface area (TPSA) is 23.5 Å². The Balaban J connectivity index is 1.82. The van der Waals surface area contributed by atoms with Crippen molar-refractivity contribution in [3.63, 3.8) is 0 Å². The molecule has 0 saturated heterocycles. The number of aliphatic hydroxyl groups excluding tert-OH is 1. The Bertz CT molecular complexity index is 312. The Morgan fingerprint density at radius 3 is 2.94 bits per heavy atom. The third-order valence-electron chi connectivity index (χ3n) is 3.67. The van der Waals surface area contributed by atoms with E-state index in [1.807, 2.05) is 11.3 Å². The van der Waals surface area contributed by atoms with E-state index < -0.39 is 0 Å². The minimum Gasteiger partial charge on any atom is -0.393 e. The second-order valence-electron chi connectivity index (χ2n) is 5.24. The van der Waals surface area contributed by atoms with Crippen LogP contribution < -0.4 is 0 Å². The van der Waals surface area contributed by atoms with Crippen molar-refractivity contribution in [2.75, 3.05) is 13.6 Å². The predicted octanol–water partition coefficient (Wildman–Crippen LogP) is 3.12. The average molecular weight is 253 g/mol. The largest absolute Gasteiger partial charge is 0.393 e. The number of thiophene rings is 1. The summed E-state index contributed by atoms with van der Waals surface area (Å²) in [6.07, 6.45) is 5.89. The normalized spacial score (nSPS) is 26.1. The van der Waals surface area contributed by atoms with Crippen LogP contribution >= 0.6 is 11.3 Å². The summed E-state index contributed by atoms with van der Waals surface area (Å²) < 4.78 is 0. The number of hydrogen-bond donors (Lipinski definition) is 1. The van der Waals surface area contributed by atoms with Crippen LogP contribution in [0.4, 0.5) is 0 Å². The van der Waals surface area contributed by atoms with Gasteiger partial charge in [0.05, 0.1) is 6.10 Å². The molecule has 0 bridgehead atoms. The van der Waals surface area contributed by atoms with Crippen LogP contribution in [0.3, 0.4) is 0 Å². The van der Waals surface area contributed by atoms with Gasteiger partial charge in [0.2, 0.25) is 0 Å². The van der Waals surface area contributed by atoms with Crippen molar-refractivity contribution in [3.05, 3.63) is 22.4 Å². The summed E-state index contributed by atoms with van der Waals surface area (Å²) in [6, 6.07) is 4.29. The third kappa shape index (κ3) is 4.09. The van der Waals surface area contributed by atoms with Crippen LogP contribution in [0.1, 0.15) is 37.0 Å². The maximum Gasteiger partial charge on any atom is 0.0580 e. The molecule has 1 saturated carbocycles. The first-order valence-corrected chi connectivity index (χ1v) is 7.52. The van der Waals surface area contributed by atoms with Gasteiger partial charge in [0.15, 0.2) is 0 Å². The minimum absolute atomic E-state index is 0.0803. The molecule has 2 rings (SSSR count). The van der Waals surface area contributed by atoms with Crippen molar-refractivity contribution in [3.8, 4) is 0 Å². The molecule has 96 valence electrons. The standard InChI is InChI=1S/C14H23NOS/c1-15(11-13-7-5-9-17-13)10-12-6-3-2-4-8-14(12)16/h5,7,9,12,14,16H,2-4,6,8,10-11H2,1H3. The highest BCUT2D eigenvalue weighted by molar-refractivity contribution is 7.09. The molecule has 0 amide bonds. The fraction of sp³-hybridized carbons (Fsp3) is 0.714. The molecule has 1 fully saturated rings. The van der Waals surface area contributed by atoms with E-state index in [0.717, 1.165) is 19.5 Å². The van der Waals surface area contributed by atoms with E-state index in [1.54, 1.807) is 0 Å². The second kappa shape index (κ2) is 6.53. The van der Waals surface area contributed by atoms with Gasteiger partial charge in [-0.1, -0.05) is 25.3 Å². The zero-order chi connectivity index (χ0) is 12.1. The predicted molar refractivity (Wildman–Crippen MR) is 73.2 cm³/mol. The van der Waals surface area contributed by atoms with E-state index in [4.69, 9.17) is 0 Å². The maximum atomic E-state index is 10.1. The van der Waals surface area contributed by atoms with E-state index in [-0.39, 0.29) is 6.10 Å². The first-order chi connectivity index (χ1) is 8.25. The number of rotatable bonds is 4. The highest BCUT2D eigenvalue weighted by Crippen LogP contribution is 2.24. The van der Waals surface area contributed by atoms with Gasteiger partial charge in [-0.25, -0.2) is 0 Å². The smallest absolute Gasteiger partial charge is 0.0580 e. The van der Waals surface area contributed by atoms with E-state index in [9.17, 15) is 5.11 Å². The van der Waals surface area contributed by atoms with Crippen molar-refractivity contribution in [2.24, 2.45) is 5.92 Å². The summed E-state index contributed by atoms with van der Waals surface area (Å²) in [4.78, 5) is 3.76. The van der Waals surface area contributed by atoms with Crippen molar-refractivity contribution in [2.45, 2.75) is 44.8 Å². The number of nitrogens with zero attached hydrogens (tertiary/aromatic N) is 1. The van der Waals surface area contributed by atoms with Gasteiger partial charge in [0.1, 0.15) is 0 Å². The summed E-state index contributed by atoms with van der Waals surface area (Å²) in [6.45, 7) is 2.04. The summed E-state index contributed by atoms with van der Waals surface area (Å²) in [5.41, 5.74) is 0. The Kier molecular flexibility index (Phi) is 5.01. The Labute approximate surface area is 108 Å². The van der Waals surface area contributed by atoms with Crippen molar-refractivity contribution < 1.29 is 5.11 Å². The van der Waals surface area contributed by atoms with E-state index >= 15 is 0 Å². The van der Waals surface area contributed by atoms with Crippen LogP contribution in [-0.4, -0.2) is 29.7 Å². The summed E-state index contributed by atoms with van der Waals surface area (Å²) in [5, 5.41) is 12.2. The van der Waals surface area contributed by atoms with Crippen LogP contribution in [0.5, 0.6) is 0 Å². The maximum absolute atomic E-state index is 10.1. The van der Waals surface area contributed by atoms with Crippen LogP contribution in [0.25, 0.3) is 0 Å². The summed E-state index contributed by atoms with van der Waals surface area (Å²) in [7, 11) is 2.16. The SMILES string of the molecule is CN(Cc1cccs1)CC1CCCCCC1O. The summed E-state index contributed by atoms with van der Waals surface area (Å²) >= 11 is 1.81. The van der Waals surface area contributed by atoms with Crippen LogP contribution in [0.2, 0.25) is 0 Å². The molecule has 2 unspecified atom stereocenters. The molecule has 1 aliphatic rings. The average Bonchev–Trinajstić information content (AvgIpc) is 2.71. The highest BCUT2D eigenvalue weighted by Gasteiger charge is 2.22. The molecule has 3 heteroatoms. The highest BCUT2D eigenvalue weighted by atomic mass is 32.1. The quantitative estimate of drug-likeness (QED) is 0.833. The molecule has 1 aliphatic carbocycles. The molecule has 2 atom stereocenters. The van der Waals surface area contributed by atoms with Gasteiger partial charge >= 0.3 is 0 Å². The first kappa shape index (κ1) is 13.1. The molecule has 0 aliphatic heterocycles. The Morgan fingerprint density at radius 2 is 2.18 bits per heavy atom. The van der Waals surface area contributed by atoms with Crippen LogP contribution in [-0.2, 0) is 6.54 Å². The lowest BCUT2D eigenvalue weighted by molar-refractivity contribution is 0.0782. The molecule has 17 heavy (non-hydrogen) atoms. The fourth-order valence-corrected chi connectivity index (χ4v) is 3.50. The number of hydrogen-bond acceptors (Lipinski definition) is 3. The van der Waals surface area contributed by atoms with E-state index in [2.05, 4.69) is 29.5 Å². The van der Waals surface area contributed by atoms with Gasteiger partial charge in [0.25, 0.3) is 0 Å². The molecule has 0 spiro atoms. The molecule has 1 aromatic rings. The second-order valence-corrected chi connectivity index (χ2v) is 6.27. The third-order valence-corrected chi connectivity index (χ3v) is 4.53. The van der Waals surface area contributed by atoms with Gasteiger partial charge in [-0.15, -0.1) is 11.3 Å². The van der Waals surface area contributed by atoms with Crippen molar-refractivity contribution >= 4 is 11.3 Å². The van der Waals surface area contributed by atoms with Gasteiger partial charge in [0, 0.05) is 18.0 Å². The first-order valence-electron chi connectivity index (χ1n) is 6.64. The van der Waals surface area contributed by atoms with Gasteiger partial charge in [-0.05, 0) is 37.3 Å². The lowest BCUT2D eigenvalue weighted by Gasteiger charge is -2.26. The molecule has 1 heterocycles. The van der Waals surface area contributed by atoms with Gasteiger partial charge in [-0.3, -0.25) is 0 Å². The fourth-order valence-electron chi connectivity index (χ4n) is 2.71. The zero-order valence-corrected chi connectivity index (χ0v) is 11.5. The summed E-state index contributed by atoms with van der Waals surface area (Å²) in [5.74, 6) is 0.475. The molecule has 0 aromatic carbocycles. The lowest BCUT2D eigenvalue weighted by Crippen LogP contribution is -2.31. The van der Waals surface area contributed by atoms with Gasteiger partial charge in [-0.2, -0.15) is 0 Å². The number of aliphatic hydroxyl groups is 1. The lowest BCUT2D eigenvalue weighted by atomic mass is 9.97. The zero-order valence-electron chi connectivity index (χ0n) is 10.6. The van der Waals surface area contributed by atoms with Crippen LogP contribution in [0, 0.1) is 5.92 Å². The molecule has 1 aromatic heterocycles. The van der Waals surface area contributed by atoms with E-state index in [0.29, 0.717) is 5.92 Å². The van der Waals surface area contributed by atoms with Crippen molar-refractivity contribution in [1.29, 1.82) is 0 Å². The minimum atomic E-state index is -0.0803. The molecular weight excluding hydrogens is 230 g/mol. The van der Waals surface area contributed by atoms with Gasteiger partial charge < -0.3 is 10.0 Å².